The lowest BCUT2D eigenvalue weighted by molar-refractivity contribution is 0.405. The molecule has 0 amide bonds. The summed E-state index contributed by atoms with van der Waals surface area (Å²) in [4.78, 5) is 0. The Morgan fingerprint density at radius 3 is 2.22 bits per heavy atom. The Hall–Kier alpha value is -0.0400. The first-order chi connectivity index (χ1) is 4.39. The molecule has 0 aromatic carbocycles. The molecule has 0 radical (unpaired) electrons. The van der Waals surface area contributed by atoms with Crippen molar-refractivity contribution in [1.82, 2.24) is 5.32 Å². The lowest BCUT2D eigenvalue weighted by Gasteiger charge is -2.17. The molecule has 0 aromatic heterocycles. The van der Waals surface area contributed by atoms with Crippen LogP contribution in [0.25, 0.3) is 0 Å². The van der Waals surface area contributed by atoms with E-state index in [0.29, 0.717) is 0 Å². The molecule has 1 fully saturated rings. The second kappa shape index (κ2) is 6.09. The van der Waals surface area contributed by atoms with Gasteiger partial charge in [-0.1, -0.05) is 20.8 Å². The van der Waals surface area contributed by atoms with Gasteiger partial charge in [0.1, 0.15) is 0 Å². The van der Waals surface area contributed by atoms with E-state index in [0.717, 1.165) is 5.92 Å². The van der Waals surface area contributed by atoms with E-state index in [1.54, 1.807) is 0 Å². The smallest absolute Gasteiger partial charge is 0.00231 e. The molecule has 1 atom stereocenters. The molecule has 1 aliphatic rings. The average Bonchev–Trinajstić information content (AvgIpc) is 1.94. The summed E-state index contributed by atoms with van der Waals surface area (Å²) in [6, 6.07) is 0. The van der Waals surface area contributed by atoms with Gasteiger partial charge in [0.15, 0.2) is 0 Å². The fourth-order valence-electron chi connectivity index (χ4n) is 1.03. The fraction of sp³-hybridized carbons (Fsp3) is 1.00. The van der Waals surface area contributed by atoms with Crippen LogP contribution in [0.1, 0.15) is 33.6 Å². The first-order valence-electron chi connectivity index (χ1n) is 4.10. The van der Waals surface area contributed by atoms with Crippen molar-refractivity contribution in [3.8, 4) is 0 Å². The molecule has 1 rings (SSSR count). The van der Waals surface area contributed by atoms with Gasteiger partial charge in [0.25, 0.3) is 0 Å². The monoisotopic (exact) mass is 129 g/mol. The molecule has 0 bridgehead atoms. The molecule has 1 unspecified atom stereocenters. The van der Waals surface area contributed by atoms with Crippen LogP contribution in [0.3, 0.4) is 0 Å². The zero-order valence-corrected chi connectivity index (χ0v) is 6.91. The molecule has 0 aromatic rings. The maximum absolute atomic E-state index is 3.33. The van der Waals surface area contributed by atoms with Crippen LogP contribution < -0.4 is 5.32 Å². The van der Waals surface area contributed by atoms with Crippen LogP contribution in [0.15, 0.2) is 0 Å². The van der Waals surface area contributed by atoms with E-state index in [4.69, 9.17) is 0 Å². The number of nitrogens with one attached hydrogen (secondary N) is 1. The fourth-order valence-corrected chi connectivity index (χ4v) is 1.03. The minimum absolute atomic E-state index is 0.925. The van der Waals surface area contributed by atoms with Gasteiger partial charge >= 0.3 is 0 Å². The van der Waals surface area contributed by atoms with Crippen molar-refractivity contribution in [2.45, 2.75) is 33.6 Å². The Balaban J connectivity index is 0.000000291. The Morgan fingerprint density at radius 1 is 1.33 bits per heavy atom. The van der Waals surface area contributed by atoms with Gasteiger partial charge in [0.05, 0.1) is 0 Å². The molecule has 1 aliphatic heterocycles. The number of piperidine rings is 1. The predicted octanol–water partition coefficient (Wildman–Crippen LogP) is 2.03. The summed E-state index contributed by atoms with van der Waals surface area (Å²) >= 11 is 0. The number of hydrogen-bond acceptors (Lipinski definition) is 1. The van der Waals surface area contributed by atoms with Gasteiger partial charge in [0.2, 0.25) is 0 Å². The van der Waals surface area contributed by atoms with E-state index < -0.39 is 0 Å². The summed E-state index contributed by atoms with van der Waals surface area (Å²) in [7, 11) is 0. The van der Waals surface area contributed by atoms with Crippen LogP contribution in [-0.2, 0) is 0 Å². The van der Waals surface area contributed by atoms with E-state index in [2.05, 4.69) is 12.2 Å². The van der Waals surface area contributed by atoms with Crippen LogP contribution in [0.5, 0.6) is 0 Å². The van der Waals surface area contributed by atoms with Crippen LogP contribution in [-0.4, -0.2) is 13.1 Å². The van der Waals surface area contributed by atoms with Gasteiger partial charge in [0, 0.05) is 0 Å². The highest BCUT2D eigenvalue weighted by atomic mass is 14.9. The summed E-state index contributed by atoms with van der Waals surface area (Å²) in [6.45, 7) is 8.77. The van der Waals surface area contributed by atoms with Gasteiger partial charge in [-0.05, 0) is 31.8 Å². The highest BCUT2D eigenvalue weighted by Crippen LogP contribution is 2.06. The molecule has 1 nitrogen and oxygen atoms in total. The molecule has 1 heteroatoms. The van der Waals surface area contributed by atoms with Crippen LogP contribution >= 0.6 is 0 Å². The van der Waals surface area contributed by atoms with Gasteiger partial charge < -0.3 is 5.32 Å². The summed E-state index contributed by atoms with van der Waals surface area (Å²) < 4.78 is 0. The standard InChI is InChI=1S/C6H13N.C2H6/c1-6-3-2-4-7-5-6;1-2/h6-7H,2-5H2,1H3;1-2H3. The van der Waals surface area contributed by atoms with Crippen molar-refractivity contribution < 1.29 is 0 Å². The zero-order valence-electron chi connectivity index (χ0n) is 6.91. The first kappa shape index (κ1) is 8.96. The Labute approximate surface area is 58.8 Å². The molecule has 9 heavy (non-hydrogen) atoms. The molecule has 0 aliphatic carbocycles. The van der Waals surface area contributed by atoms with Crippen molar-refractivity contribution in [3.63, 3.8) is 0 Å². The molecule has 0 spiro atoms. The second-order valence-electron chi connectivity index (χ2n) is 2.45. The van der Waals surface area contributed by atoms with E-state index in [-0.39, 0.29) is 0 Å². The number of rotatable bonds is 0. The third-order valence-electron chi connectivity index (χ3n) is 1.54. The summed E-state index contributed by atoms with van der Waals surface area (Å²) in [5.74, 6) is 0.925. The summed E-state index contributed by atoms with van der Waals surface area (Å²) in [5, 5.41) is 3.33. The van der Waals surface area contributed by atoms with Gasteiger partial charge in [-0.2, -0.15) is 0 Å². The third-order valence-corrected chi connectivity index (χ3v) is 1.54. The topological polar surface area (TPSA) is 12.0 Å². The maximum Gasteiger partial charge on any atom is -0.00231 e. The van der Waals surface area contributed by atoms with E-state index in [9.17, 15) is 0 Å². The minimum atomic E-state index is 0.925. The highest BCUT2D eigenvalue weighted by Gasteiger charge is 2.04. The minimum Gasteiger partial charge on any atom is -0.316 e. The summed E-state index contributed by atoms with van der Waals surface area (Å²) in [6.07, 6.45) is 2.80. The van der Waals surface area contributed by atoms with Crippen molar-refractivity contribution in [3.05, 3.63) is 0 Å². The molecule has 1 N–H and O–H groups in total. The molecular formula is C8H19N. The Bertz CT molecular complexity index is 46.5. The molecule has 56 valence electrons. The molecule has 0 saturated carbocycles. The first-order valence-corrected chi connectivity index (χ1v) is 4.10. The van der Waals surface area contributed by atoms with E-state index >= 15 is 0 Å². The normalized spacial score (nSPS) is 26.3. The van der Waals surface area contributed by atoms with Crippen LogP contribution in [0.4, 0.5) is 0 Å². The quantitative estimate of drug-likeness (QED) is 0.527. The van der Waals surface area contributed by atoms with Gasteiger partial charge in [-0.15, -0.1) is 0 Å². The van der Waals surface area contributed by atoms with E-state index in [1.165, 1.54) is 25.9 Å². The SMILES string of the molecule is CC.CC1CCCNC1. The van der Waals surface area contributed by atoms with Crippen molar-refractivity contribution in [2.24, 2.45) is 5.92 Å². The van der Waals surface area contributed by atoms with Crippen LogP contribution in [0, 0.1) is 5.92 Å². The van der Waals surface area contributed by atoms with E-state index in [1.807, 2.05) is 13.8 Å². The lowest BCUT2D eigenvalue weighted by atomic mass is 10.0. The third kappa shape index (κ3) is 4.46. The van der Waals surface area contributed by atoms with Crippen molar-refractivity contribution >= 4 is 0 Å². The van der Waals surface area contributed by atoms with Gasteiger partial charge in [-0.25, -0.2) is 0 Å². The average molecular weight is 129 g/mol. The Kier molecular flexibility index (Phi) is 6.06. The molecular weight excluding hydrogens is 110 g/mol. The maximum atomic E-state index is 3.33. The van der Waals surface area contributed by atoms with Crippen LogP contribution in [0.2, 0.25) is 0 Å². The predicted molar refractivity (Wildman–Crippen MR) is 42.6 cm³/mol. The zero-order chi connectivity index (χ0) is 7.11. The van der Waals surface area contributed by atoms with Crippen molar-refractivity contribution in [2.75, 3.05) is 13.1 Å². The Morgan fingerprint density at radius 2 is 2.00 bits per heavy atom. The highest BCUT2D eigenvalue weighted by molar-refractivity contribution is 4.63. The van der Waals surface area contributed by atoms with Crippen molar-refractivity contribution in [1.29, 1.82) is 0 Å². The summed E-state index contributed by atoms with van der Waals surface area (Å²) in [5.41, 5.74) is 0. The number of hydrogen-bond donors (Lipinski definition) is 1. The largest absolute Gasteiger partial charge is 0.316 e. The lowest BCUT2D eigenvalue weighted by Crippen LogP contribution is -2.27. The molecule has 1 saturated heterocycles. The van der Waals surface area contributed by atoms with Gasteiger partial charge in [-0.3, -0.25) is 0 Å². The second-order valence-corrected chi connectivity index (χ2v) is 2.45. The molecule has 1 heterocycles.